The molecule has 0 aliphatic carbocycles. The SMILES string of the molecule is Fc1cccnc1SCCCCl. The molecule has 0 radical (unpaired) electrons. The summed E-state index contributed by atoms with van der Waals surface area (Å²) in [5.41, 5.74) is 0. The van der Waals surface area contributed by atoms with Crippen LogP contribution in [0.1, 0.15) is 6.42 Å². The first kappa shape index (κ1) is 9.81. The maximum atomic E-state index is 12.9. The van der Waals surface area contributed by atoms with Crippen molar-refractivity contribution in [2.45, 2.75) is 11.4 Å². The molecule has 0 aromatic carbocycles. The van der Waals surface area contributed by atoms with Gasteiger partial charge in [0.25, 0.3) is 0 Å². The summed E-state index contributed by atoms with van der Waals surface area (Å²) >= 11 is 6.88. The number of hydrogen-bond acceptors (Lipinski definition) is 2. The Balaban J connectivity index is 2.46. The molecule has 0 saturated heterocycles. The molecule has 1 nitrogen and oxygen atoms in total. The Bertz CT molecular complexity index is 244. The third-order valence-electron chi connectivity index (χ3n) is 1.24. The zero-order valence-electron chi connectivity index (χ0n) is 6.46. The third-order valence-corrected chi connectivity index (χ3v) is 2.58. The van der Waals surface area contributed by atoms with Crippen LogP contribution in [0.25, 0.3) is 0 Å². The Morgan fingerprint density at radius 1 is 1.58 bits per heavy atom. The third kappa shape index (κ3) is 2.99. The molecule has 1 aromatic rings. The summed E-state index contributed by atoms with van der Waals surface area (Å²) in [4.78, 5) is 3.89. The van der Waals surface area contributed by atoms with Crippen LogP contribution in [0.5, 0.6) is 0 Å². The molecule has 1 rings (SSSR count). The molecule has 0 fully saturated rings. The first-order valence-corrected chi connectivity index (χ1v) is 5.16. The fraction of sp³-hybridized carbons (Fsp3) is 0.375. The second-order valence-corrected chi connectivity index (χ2v) is 3.64. The van der Waals surface area contributed by atoms with Gasteiger partial charge in [-0.3, -0.25) is 0 Å². The topological polar surface area (TPSA) is 12.9 Å². The van der Waals surface area contributed by atoms with Gasteiger partial charge in [0.05, 0.1) is 0 Å². The quantitative estimate of drug-likeness (QED) is 0.426. The van der Waals surface area contributed by atoms with Crippen LogP contribution in [0, 0.1) is 5.82 Å². The van der Waals surface area contributed by atoms with Gasteiger partial charge >= 0.3 is 0 Å². The Labute approximate surface area is 80.3 Å². The fourth-order valence-electron chi connectivity index (χ4n) is 0.701. The van der Waals surface area contributed by atoms with Crippen molar-refractivity contribution < 1.29 is 4.39 Å². The van der Waals surface area contributed by atoms with Gasteiger partial charge < -0.3 is 0 Å². The molecule has 0 atom stereocenters. The van der Waals surface area contributed by atoms with Crippen molar-refractivity contribution in [3.63, 3.8) is 0 Å². The molecule has 0 N–H and O–H groups in total. The lowest BCUT2D eigenvalue weighted by Crippen LogP contribution is -1.87. The van der Waals surface area contributed by atoms with Gasteiger partial charge in [-0.1, -0.05) is 0 Å². The molecule has 0 aliphatic rings. The zero-order chi connectivity index (χ0) is 8.81. The predicted octanol–water partition coefficient (Wildman–Crippen LogP) is 2.94. The molecule has 0 aliphatic heterocycles. The van der Waals surface area contributed by atoms with Crippen molar-refractivity contribution in [2.24, 2.45) is 0 Å². The maximum Gasteiger partial charge on any atom is 0.155 e. The van der Waals surface area contributed by atoms with Gasteiger partial charge in [-0.15, -0.1) is 23.4 Å². The standard InChI is InChI=1S/C8H9ClFNS/c9-4-2-6-12-8-7(10)3-1-5-11-8/h1,3,5H,2,4,6H2. The van der Waals surface area contributed by atoms with E-state index in [0.717, 1.165) is 12.2 Å². The zero-order valence-corrected chi connectivity index (χ0v) is 8.04. The first-order chi connectivity index (χ1) is 5.84. The lowest BCUT2D eigenvalue weighted by molar-refractivity contribution is 0.588. The number of alkyl halides is 1. The summed E-state index contributed by atoms with van der Waals surface area (Å²) in [5, 5.41) is 0.461. The van der Waals surface area contributed by atoms with Crippen molar-refractivity contribution in [2.75, 3.05) is 11.6 Å². The van der Waals surface area contributed by atoms with Gasteiger partial charge in [-0.25, -0.2) is 9.37 Å². The second kappa shape index (κ2) is 5.38. The largest absolute Gasteiger partial charge is 0.247 e. The van der Waals surface area contributed by atoms with E-state index in [1.54, 1.807) is 12.3 Å². The van der Waals surface area contributed by atoms with Crippen molar-refractivity contribution in [3.05, 3.63) is 24.1 Å². The molecule has 0 unspecified atom stereocenters. The van der Waals surface area contributed by atoms with Gasteiger partial charge in [-0.2, -0.15) is 0 Å². The van der Waals surface area contributed by atoms with Crippen LogP contribution in [-0.2, 0) is 0 Å². The van der Waals surface area contributed by atoms with Gasteiger partial charge in [0.2, 0.25) is 0 Å². The van der Waals surface area contributed by atoms with Crippen LogP contribution in [0.2, 0.25) is 0 Å². The molecule has 0 saturated carbocycles. The highest BCUT2D eigenvalue weighted by Crippen LogP contribution is 2.18. The molecule has 0 amide bonds. The van der Waals surface area contributed by atoms with Crippen LogP contribution in [0.3, 0.4) is 0 Å². The average Bonchev–Trinajstić information content (AvgIpc) is 2.09. The molecule has 0 bridgehead atoms. The van der Waals surface area contributed by atoms with E-state index in [0.29, 0.717) is 10.9 Å². The molecular formula is C8H9ClFNS. The van der Waals surface area contributed by atoms with Crippen molar-refractivity contribution in [3.8, 4) is 0 Å². The van der Waals surface area contributed by atoms with Gasteiger partial charge in [-0.05, 0) is 18.6 Å². The van der Waals surface area contributed by atoms with E-state index < -0.39 is 0 Å². The molecule has 4 heteroatoms. The number of pyridine rings is 1. The number of aromatic nitrogens is 1. The number of halogens is 2. The minimum atomic E-state index is -0.253. The van der Waals surface area contributed by atoms with Crippen LogP contribution in [-0.4, -0.2) is 16.6 Å². The van der Waals surface area contributed by atoms with E-state index in [4.69, 9.17) is 11.6 Å². The molecule has 66 valence electrons. The summed E-state index contributed by atoms with van der Waals surface area (Å²) in [7, 11) is 0. The number of hydrogen-bond donors (Lipinski definition) is 0. The fourth-order valence-corrected chi connectivity index (χ4v) is 1.82. The Morgan fingerprint density at radius 2 is 2.42 bits per heavy atom. The summed E-state index contributed by atoms with van der Waals surface area (Å²) in [6, 6.07) is 3.00. The van der Waals surface area contributed by atoms with Gasteiger partial charge in [0, 0.05) is 17.8 Å². The summed E-state index contributed by atoms with van der Waals surface area (Å²) < 4.78 is 12.9. The maximum absolute atomic E-state index is 12.9. The molecule has 1 heterocycles. The highest BCUT2D eigenvalue weighted by atomic mass is 35.5. The number of rotatable bonds is 4. The predicted molar refractivity (Wildman–Crippen MR) is 50.3 cm³/mol. The molecule has 1 aromatic heterocycles. The second-order valence-electron chi connectivity index (χ2n) is 2.18. The van der Waals surface area contributed by atoms with E-state index >= 15 is 0 Å². The summed E-state index contributed by atoms with van der Waals surface area (Å²) in [6.07, 6.45) is 2.47. The Kier molecular flexibility index (Phi) is 4.40. The highest BCUT2D eigenvalue weighted by molar-refractivity contribution is 7.99. The van der Waals surface area contributed by atoms with E-state index in [-0.39, 0.29) is 5.82 Å². The van der Waals surface area contributed by atoms with Crippen molar-refractivity contribution in [1.29, 1.82) is 0 Å². The minimum Gasteiger partial charge on any atom is -0.247 e. The lowest BCUT2D eigenvalue weighted by Gasteiger charge is -1.98. The number of thioether (sulfide) groups is 1. The van der Waals surface area contributed by atoms with Crippen molar-refractivity contribution >= 4 is 23.4 Å². The monoisotopic (exact) mass is 205 g/mol. The van der Waals surface area contributed by atoms with Gasteiger partial charge in [0.1, 0.15) is 5.03 Å². The van der Waals surface area contributed by atoms with E-state index in [2.05, 4.69) is 4.98 Å². The van der Waals surface area contributed by atoms with Crippen LogP contribution >= 0.6 is 23.4 Å². The molecular weight excluding hydrogens is 197 g/mol. The van der Waals surface area contributed by atoms with Crippen molar-refractivity contribution in [1.82, 2.24) is 4.98 Å². The number of nitrogens with zero attached hydrogens (tertiary/aromatic N) is 1. The van der Waals surface area contributed by atoms with E-state index in [1.807, 2.05) is 0 Å². The highest BCUT2D eigenvalue weighted by Gasteiger charge is 2.01. The van der Waals surface area contributed by atoms with E-state index in [9.17, 15) is 4.39 Å². The summed E-state index contributed by atoms with van der Waals surface area (Å²) in [6.45, 7) is 0. The first-order valence-electron chi connectivity index (χ1n) is 3.64. The average molecular weight is 206 g/mol. The van der Waals surface area contributed by atoms with Crippen LogP contribution in [0.15, 0.2) is 23.4 Å². The lowest BCUT2D eigenvalue weighted by atomic mass is 10.5. The smallest absolute Gasteiger partial charge is 0.155 e. The molecule has 0 spiro atoms. The summed E-state index contributed by atoms with van der Waals surface area (Å²) in [5.74, 6) is 1.18. The van der Waals surface area contributed by atoms with E-state index in [1.165, 1.54) is 17.8 Å². The Morgan fingerprint density at radius 3 is 3.08 bits per heavy atom. The van der Waals surface area contributed by atoms with Crippen LogP contribution < -0.4 is 0 Å². The normalized spacial score (nSPS) is 10.2. The minimum absolute atomic E-state index is 0.253. The van der Waals surface area contributed by atoms with Crippen LogP contribution in [0.4, 0.5) is 4.39 Å². The molecule has 12 heavy (non-hydrogen) atoms. The Hall–Kier alpha value is -0.280. The van der Waals surface area contributed by atoms with Gasteiger partial charge in [0.15, 0.2) is 5.82 Å².